The molecule has 0 bridgehead atoms. The lowest BCUT2D eigenvalue weighted by molar-refractivity contribution is -0.133. The number of carbonyl (C=O) groups is 1. The minimum Gasteiger partial charge on any atom is -0.383 e. The van der Waals surface area contributed by atoms with Crippen LogP contribution in [-0.4, -0.2) is 82.9 Å². The van der Waals surface area contributed by atoms with E-state index >= 15 is 0 Å². The molecule has 2 aromatic heterocycles. The number of aromatic nitrogens is 4. The number of halogens is 2. The standard InChI is InChI=1S/C29H33F2N7O3/c1-20(28(39)37(12-15-40-2)19-21-8-4-3-5-9-21)32-29-34-24(36-13-16-41-17-14-36)18-25(35-29)38-23-11-7-6-10-22(23)33-27(38)26(30)31/h3-11,18,20,26H,12-17,19H2,1-2H3,(H,32,34,35)/t20-/m0/s1. The van der Waals surface area contributed by atoms with Crippen molar-refractivity contribution >= 4 is 28.7 Å². The van der Waals surface area contributed by atoms with Crippen molar-refractivity contribution in [1.29, 1.82) is 0 Å². The number of methoxy groups -OCH3 is 1. The van der Waals surface area contributed by atoms with Gasteiger partial charge in [0.05, 0.1) is 30.9 Å². The molecule has 0 aliphatic carbocycles. The van der Waals surface area contributed by atoms with Gasteiger partial charge in [-0.05, 0) is 24.6 Å². The lowest BCUT2D eigenvalue weighted by Gasteiger charge is -2.29. The van der Waals surface area contributed by atoms with E-state index in [0.717, 1.165) is 5.56 Å². The van der Waals surface area contributed by atoms with E-state index < -0.39 is 18.3 Å². The number of para-hydroxylation sites is 2. The minimum absolute atomic E-state index is 0.147. The number of nitrogens with zero attached hydrogens (tertiary/aromatic N) is 6. The highest BCUT2D eigenvalue weighted by atomic mass is 19.3. The van der Waals surface area contributed by atoms with Crippen molar-refractivity contribution in [3.8, 4) is 5.82 Å². The summed E-state index contributed by atoms with van der Waals surface area (Å²) in [6.07, 6.45) is -2.83. The molecule has 0 saturated carbocycles. The Morgan fingerprint density at radius 2 is 1.76 bits per heavy atom. The van der Waals surface area contributed by atoms with Gasteiger partial charge in [0.15, 0.2) is 5.82 Å². The molecule has 4 aromatic rings. The molecule has 1 fully saturated rings. The average Bonchev–Trinajstić information content (AvgIpc) is 3.40. The molecule has 0 unspecified atom stereocenters. The van der Waals surface area contributed by atoms with Gasteiger partial charge in [-0.15, -0.1) is 0 Å². The van der Waals surface area contributed by atoms with Crippen molar-refractivity contribution < 1.29 is 23.0 Å². The molecule has 0 radical (unpaired) electrons. The maximum absolute atomic E-state index is 14.2. The van der Waals surface area contributed by atoms with Crippen LogP contribution < -0.4 is 10.2 Å². The number of alkyl halides is 2. The van der Waals surface area contributed by atoms with Gasteiger partial charge >= 0.3 is 0 Å². The monoisotopic (exact) mass is 565 g/mol. The van der Waals surface area contributed by atoms with Crippen molar-refractivity contribution in [2.45, 2.75) is 25.9 Å². The second-order valence-corrected chi connectivity index (χ2v) is 9.71. The van der Waals surface area contributed by atoms with Gasteiger partial charge in [0.25, 0.3) is 6.43 Å². The molecule has 1 saturated heterocycles. The van der Waals surface area contributed by atoms with Crippen LogP contribution >= 0.6 is 0 Å². The minimum atomic E-state index is -2.83. The molecular weight excluding hydrogens is 532 g/mol. The number of ether oxygens (including phenoxy) is 2. The molecule has 41 heavy (non-hydrogen) atoms. The van der Waals surface area contributed by atoms with Gasteiger partial charge in [-0.2, -0.15) is 9.97 Å². The van der Waals surface area contributed by atoms with E-state index in [0.29, 0.717) is 62.9 Å². The number of rotatable bonds is 11. The topological polar surface area (TPSA) is 97.6 Å². The Morgan fingerprint density at radius 1 is 1.05 bits per heavy atom. The molecule has 10 nitrogen and oxygen atoms in total. The normalized spacial score (nSPS) is 14.4. The fourth-order valence-electron chi connectivity index (χ4n) is 4.79. The van der Waals surface area contributed by atoms with Gasteiger partial charge in [0.1, 0.15) is 17.7 Å². The van der Waals surface area contributed by atoms with Crippen LogP contribution in [0.15, 0.2) is 60.7 Å². The predicted molar refractivity (Wildman–Crippen MR) is 151 cm³/mol. The number of nitrogens with one attached hydrogen (secondary N) is 1. The molecule has 216 valence electrons. The van der Waals surface area contributed by atoms with E-state index in [4.69, 9.17) is 9.47 Å². The number of hydrogen-bond acceptors (Lipinski definition) is 8. The quantitative estimate of drug-likeness (QED) is 0.291. The van der Waals surface area contributed by atoms with E-state index in [9.17, 15) is 13.6 Å². The third kappa shape index (κ3) is 6.60. The predicted octanol–water partition coefficient (Wildman–Crippen LogP) is 4.07. The highest BCUT2D eigenvalue weighted by molar-refractivity contribution is 5.84. The number of fused-ring (bicyclic) bond motifs is 1. The summed E-state index contributed by atoms with van der Waals surface area (Å²) in [5.41, 5.74) is 1.92. The lowest BCUT2D eigenvalue weighted by Crippen LogP contribution is -2.43. The lowest BCUT2D eigenvalue weighted by atomic mass is 10.2. The fraction of sp³-hybridized carbons (Fsp3) is 0.379. The fourth-order valence-corrected chi connectivity index (χ4v) is 4.79. The number of amides is 1. The summed E-state index contributed by atoms with van der Waals surface area (Å²) in [4.78, 5) is 30.8. The summed E-state index contributed by atoms with van der Waals surface area (Å²) in [7, 11) is 1.59. The van der Waals surface area contributed by atoms with Crippen LogP contribution in [0, 0.1) is 0 Å². The first kappa shape index (κ1) is 28.4. The maximum Gasteiger partial charge on any atom is 0.296 e. The Labute approximate surface area is 236 Å². The first-order valence-corrected chi connectivity index (χ1v) is 13.5. The summed E-state index contributed by atoms with van der Waals surface area (Å²) in [6, 6.07) is 17.6. The van der Waals surface area contributed by atoms with Crippen LogP contribution in [0.1, 0.15) is 24.7 Å². The highest BCUT2D eigenvalue weighted by Crippen LogP contribution is 2.29. The average molecular weight is 566 g/mol. The van der Waals surface area contributed by atoms with E-state index in [-0.39, 0.29) is 17.7 Å². The van der Waals surface area contributed by atoms with Gasteiger partial charge in [0, 0.05) is 39.4 Å². The Kier molecular flexibility index (Phi) is 9.00. The molecule has 3 heterocycles. The molecule has 5 rings (SSSR count). The first-order chi connectivity index (χ1) is 19.9. The number of imidazole rings is 1. The molecular formula is C29H33F2N7O3. The van der Waals surface area contributed by atoms with Crippen molar-refractivity contribution in [1.82, 2.24) is 24.4 Å². The highest BCUT2D eigenvalue weighted by Gasteiger charge is 2.25. The Balaban J connectivity index is 1.49. The van der Waals surface area contributed by atoms with Crippen molar-refractivity contribution in [3.63, 3.8) is 0 Å². The first-order valence-electron chi connectivity index (χ1n) is 13.5. The van der Waals surface area contributed by atoms with Crippen LogP contribution in [0.4, 0.5) is 20.5 Å². The molecule has 1 amide bonds. The zero-order valence-corrected chi connectivity index (χ0v) is 23.0. The smallest absolute Gasteiger partial charge is 0.296 e. The Morgan fingerprint density at radius 3 is 2.49 bits per heavy atom. The van der Waals surface area contributed by atoms with Crippen LogP contribution in [0.25, 0.3) is 16.9 Å². The van der Waals surface area contributed by atoms with Crippen molar-refractivity contribution in [2.24, 2.45) is 0 Å². The van der Waals surface area contributed by atoms with Crippen LogP contribution in [0.3, 0.4) is 0 Å². The zero-order chi connectivity index (χ0) is 28.8. The van der Waals surface area contributed by atoms with Gasteiger partial charge < -0.3 is 24.6 Å². The van der Waals surface area contributed by atoms with Gasteiger partial charge in [-0.25, -0.2) is 13.8 Å². The maximum atomic E-state index is 14.2. The third-order valence-electron chi connectivity index (χ3n) is 6.85. The van der Waals surface area contributed by atoms with Crippen molar-refractivity contribution in [3.05, 3.63) is 72.1 Å². The van der Waals surface area contributed by atoms with Crippen LogP contribution in [0.5, 0.6) is 0 Å². The number of morpholine rings is 1. The number of hydrogen-bond donors (Lipinski definition) is 1. The summed E-state index contributed by atoms with van der Waals surface area (Å²) < 4.78 is 40.4. The Bertz CT molecular complexity index is 1460. The molecule has 1 N–H and O–H groups in total. The summed E-state index contributed by atoms with van der Waals surface area (Å²) in [5.74, 6) is 0.331. The third-order valence-corrected chi connectivity index (χ3v) is 6.85. The zero-order valence-electron chi connectivity index (χ0n) is 23.0. The summed E-state index contributed by atoms with van der Waals surface area (Å²) in [6.45, 7) is 5.11. The van der Waals surface area contributed by atoms with Crippen molar-refractivity contribution in [2.75, 3.05) is 56.8 Å². The van der Waals surface area contributed by atoms with E-state index in [2.05, 4.69) is 20.3 Å². The SMILES string of the molecule is COCCN(Cc1ccccc1)C(=O)[C@H](C)Nc1nc(N2CCOCC2)cc(-n2c(C(F)F)nc3ccccc32)n1. The molecule has 1 aliphatic heterocycles. The number of anilines is 2. The van der Waals surface area contributed by atoms with Crippen LogP contribution in [-0.2, 0) is 20.8 Å². The second-order valence-electron chi connectivity index (χ2n) is 9.71. The summed E-state index contributed by atoms with van der Waals surface area (Å²) >= 11 is 0. The van der Waals surface area contributed by atoms with Gasteiger partial charge in [-0.3, -0.25) is 9.36 Å². The number of benzene rings is 2. The molecule has 1 aliphatic rings. The van der Waals surface area contributed by atoms with E-state index in [1.165, 1.54) is 4.57 Å². The van der Waals surface area contributed by atoms with Gasteiger partial charge in [0.2, 0.25) is 11.9 Å². The van der Waals surface area contributed by atoms with E-state index in [1.807, 2.05) is 35.2 Å². The molecule has 0 spiro atoms. The van der Waals surface area contributed by atoms with E-state index in [1.54, 1.807) is 49.3 Å². The second kappa shape index (κ2) is 13.0. The Hall–Kier alpha value is -4.16. The summed E-state index contributed by atoms with van der Waals surface area (Å²) in [5, 5.41) is 3.13. The number of carbonyl (C=O) groups excluding carboxylic acids is 1. The largest absolute Gasteiger partial charge is 0.383 e. The van der Waals surface area contributed by atoms with Crippen LogP contribution in [0.2, 0.25) is 0 Å². The molecule has 2 aromatic carbocycles. The molecule has 12 heteroatoms. The van der Waals surface area contributed by atoms with Gasteiger partial charge in [-0.1, -0.05) is 42.5 Å². The molecule has 1 atom stereocenters.